The molecule has 17 heavy (non-hydrogen) atoms. The molecule has 0 saturated carbocycles. The lowest BCUT2D eigenvalue weighted by molar-refractivity contribution is 0.161. The molecule has 5 heteroatoms. The fourth-order valence-electron chi connectivity index (χ4n) is 1.40. The number of rotatable bonds is 5. The van der Waals surface area contributed by atoms with Crippen LogP contribution in [-0.4, -0.2) is 26.2 Å². The van der Waals surface area contributed by atoms with E-state index in [2.05, 4.69) is 22.3 Å². The lowest BCUT2D eigenvalue weighted by Crippen LogP contribution is -2.14. The van der Waals surface area contributed by atoms with Gasteiger partial charge in [0.1, 0.15) is 5.03 Å². The van der Waals surface area contributed by atoms with Crippen molar-refractivity contribution in [1.82, 2.24) is 15.0 Å². The van der Waals surface area contributed by atoms with E-state index in [1.165, 1.54) is 10.4 Å². The maximum absolute atomic E-state index is 9.22. The molecule has 0 spiro atoms. The second-order valence-electron chi connectivity index (χ2n) is 3.86. The number of nitrogens with zero attached hydrogens (tertiary/aromatic N) is 3. The first-order valence-corrected chi connectivity index (χ1v) is 6.47. The molecule has 2 rings (SSSR count). The van der Waals surface area contributed by atoms with E-state index in [4.69, 9.17) is 0 Å². The molecule has 0 aliphatic carbocycles. The Morgan fingerprint density at radius 2 is 2.12 bits per heavy atom. The molecule has 1 unspecified atom stereocenters. The van der Waals surface area contributed by atoms with Crippen molar-refractivity contribution in [2.24, 2.45) is 0 Å². The minimum absolute atomic E-state index is 0.422. The summed E-state index contributed by atoms with van der Waals surface area (Å²) in [6.45, 7) is 2.16. The molecule has 1 N–H and O–H groups in total. The molecular formula is C12H15N3OS. The van der Waals surface area contributed by atoms with E-state index < -0.39 is 6.10 Å². The van der Waals surface area contributed by atoms with E-state index in [1.807, 2.05) is 18.2 Å². The van der Waals surface area contributed by atoms with Gasteiger partial charge in [-0.15, -0.1) is 5.10 Å². The van der Waals surface area contributed by atoms with Crippen molar-refractivity contribution >= 4 is 11.8 Å². The van der Waals surface area contributed by atoms with Gasteiger partial charge in [-0.1, -0.05) is 42.1 Å². The zero-order valence-corrected chi connectivity index (χ0v) is 10.5. The van der Waals surface area contributed by atoms with Gasteiger partial charge in [0.2, 0.25) is 0 Å². The maximum atomic E-state index is 9.22. The monoisotopic (exact) mass is 249 g/mol. The van der Waals surface area contributed by atoms with Crippen LogP contribution in [0, 0.1) is 0 Å². The Balaban J connectivity index is 1.89. The van der Waals surface area contributed by atoms with Crippen molar-refractivity contribution in [3.8, 4) is 0 Å². The highest BCUT2D eigenvalue weighted by Gasteiger charge is 2.04. The number of hydrogen-bond acceptors (Lipinski definition) is 4. The Kier molecular flexibility index (Phi) is 4.17. The van der Waals surface area contributed by atoms with Gasteiger partial charge in [0.05, 0.1) is 18.8 Å². The first kappa shape index (κ1) is 12.1. The number of thioether (sulfide) groups is 1. The molecule has 1 atom stereocenters. The third kappa shape index (κ3) is 3.87. The molecule has 1 aromatic heterocycles. The SMILES string of the molecule is CC(O)Cn1ncc(SCc2ccccc2)n1. The van der Waals surface area contributed by atoms with Gasteiger partial charge < -0.3 is 5.11 Å². The van der Waals surface area contributed by atoms with Crippen molar-refractivity contribution < 1.29 is 5.11 Å². The number of hydrogen-bond donors (Lipinski definition) is 1. The van der Waals surface area contributed by atoms with Crippen LogP contribution in [-0.2, 0) is 12.3 Å². The van der Waals surface area contributed by atoms with Crippen LogP contribution in [0.15, 0.2) is 41.6 Å². The highest BCUT2D eigenvalue weighted by molar-refractivity contribution is 7.98. The molecule has 0 aliphatic heterocycles. The number of benzene rings is 1. The molecule has 90 valence electrons. The third-order valence-electron chi connectivity index (χ3n) is 2.17. The maximum Gasteiger partial charge on any atom is 0.139 e. The molecule has 0 saturated heterocycles. The first-order valence-electron chi connectivity index (χ1n) is 5.49. The van der Waals surface area contributed by atoms with Crippen molar-refractivity contribution in [3.05, 3.63) is 42.1 Å². The summed E-state index contributed by atoms with van der Waals surface area (Å²) in [4.78, 5) is 1.53. The summed E-state index contributed by atoms with van der Waals surface area (Å²) in [5, 5.41) is 18.5. The predicted molar refractivity (Wildman–Crippen MR) is 67.7 cm³/mol. The molecule has 0 fully saturated rings. The lowest BCUT2D eigenvalue weighted by Gasteiger charge is -2.01. The van der Waals surface area contributed by atoms with Crippen LogP contribution in [0.25, 0.3) is 0 Å². The average molecular weight is 249 g/mol. The Bertz CT molecular complexity index is 456. The van der Waals surface area contributed by atoms with Crippen LogP contribution in [0.1, 0.15) is 12.5 Å². The fourth-order valence-corrected chi connectivity index (χ4v) is 2.18. The summed E-state index contributed by atoms with van der Waals surface area (Å²) in [5.74, 6) is 0.883. The molecule has 0 radical (unpaired) electrons. The highest BCUT2D eigenvalue weighted by Crippen LogP contribution is 2.19. The normalized spacial score (nSPS) is 12.6. The second kappa shape index (κ2) is 5.84. The first-order chi connectivity index (χ1) is 8.24. The quantitative estimate of drug-likeness (QED) is 0.823. The number of aliphatic hydroxyl groups excluding tert-OH is 1. The summed E-state index contributed by atoms with van der Waals surface area (Å²) in [5.41, 5.74) is 1.27. The van der Waals surface area contributed by atoms with Crippen molar-refractivity contribution in [2.45, 2.75) is 30.4 Å². The van der Waals surface area contributed by atoms with E-state index in [-0.39, 0.29) is 0 Å². The molecule has 1 aromatic carbocycles. The van der Waals surface area contributed by atoms with Gasteiger partial charge in [-0.05, 0) is 12.5 Å². The van der Waals surface area contributed by atoms with Gasteiger partial charge >= 0.3 is 0 Å². The van der Waals surface area contributed by atoms with E-state index in [1.54, 1.807) is 24.9 Å². The van der Waals surface area contributed by atoms with Crippen LogP contribution < -0.4 is 0 Å². The fraction of sp³-hybridized carbons (Fsp3) is 0.333. The molecule has 1 heterocycles. The molecular weight excluding hydrogens is 234 g/mol. The van der Waals surface area contributed by atoms with Crippen LogP contribution in [0.5, 0.6) is 0 Å². The molecule has 4 nitrogen and oxygen atoms in total. The zero-order chi connectivity index (χ0) is 12.1. The minimum Gasteiger partial charge on any atom is -0.391 e. The van der Waals surface area contributed by atoms with Crippen LogP contribution in [0.2, 0.25) is 0 Å². The summed E-state index contributed by atoms with van der Waals surface area (Å²) < 4.78 is 0. The third-order valence-corrected chi connectivity index (χ3v) is 3.13. The topological polar surface area (TPSA) is 50.9 Å². The van der Waals surface area contributed by atoms with Crippen molar-refractivity contribution in [3.63, 3.8) is 0 Å². The van der Waals surface area contributed by atoms with Gasteiger partial charge in [0.15, 0.2) is 0 Å². The summed E-state index contributed by atoms with van der Waals surface area (Å²) in [7, 11) is 0. The number of aliphatic hydroxyl groups is 1. The predicted octanol–water partition coefficient (Wildman–Crippen LogP) is 1.95. The second-order valence-corrected chi connectivity index (χ2v) is 4.86. The highest BCUT2D eigenvalue weighted by atomic mass is 32.2. The summed E-state index contributed by atoms with van der Waals surface area (Å²) in [6, 6.07) is 10.2. The Morgan fingerprint density at radius 1 is 1.35 bits per heavy atom. The van der Waals surface area contributed by atoms with E-state index >= 15 is 0 Å². The van der Waals surface area contributed by atoms with E-state index in [0.29, 0.717) is 6.54 Å². The Hall–Kier alpha value is -1.33. The summed E-state index contributed by atoms with van der Waals surface area (Å²) >= 11 is 1.65. The molecule has 0 amide bonds. The molecule has 0 bridgehead atoms. The van der Waals surface area contributed by atoms with Gasteiger partial charge in [0, 0.05) is 5.75 Å². The van der Waals surface area contributed by atoms with Crippen molar-refractivity contribution in [1.29, 1.82) is 0 Å². The van der Waals surface area contributed by atoms with Gasteiger partial charge in [0.25, 0.3) is 0 Å². The summed E-state index contributed by atoms with van der Waals surface area (Å²) in [6.07, 6.45) is 1.31. The molecule has 0 aliphatic rings. The lowest BCUT2D eigenvalue weighted by atomic mass is 10.2. The van der Waals surface area contributed by atoms with E-state index in [0.717, 1.165) is 10.8 Å². The number of aromatic nitrogens is 3. The van der Waals surface area contributed by atoms with Crippen LogP contribution in [0.4, 0.5) is 0 Å². The smallest absolute Gasteiger partial charge is 0.139 e. The van der Waals surface area contributed by atoms with Gasteiger partial charge in [-0.2, -0.15) is 9.90 Å². The van der Waals surface area contributed by atoms with E-state index in [9.17, 15) is 5.11 Å². The van der Waals surface area contributed by atoms with Gasteiger partial charge in [-0.25, -0.2) is 0 Å². The Morgan fingerprint density at radius 3 is 2.82 bits per heavy atom. The van der Waals surface area contributed by atoms with Crippen LogP contribution >= 0.6 is 11.8 Å². The van der Waals surface area contributed by atoms with Gasteiger partial charge in [-0.3, -0.25) is 0 Å². The zero-order valence-electron chi connectivity index (χ0n) is 9.65. The van der Waals surface area contributed by atoms with Crippen LogP contribution in [0.3, 0.4) is 0 Å². The molecule has 2 aromatic rings. The van der Waals surface area contributed by atoms with Crippen molar-refractivity contribution in [2.75, 3.05) is 0 Å². The minimum atomic E-state index is -0.422. The average Bonchev–Trinajstić information content (AvgIpc) is 2.75. The standard InChI is InChI=1S/C12H15N3OS/c1-10(16)8-15-13-7-12(14-15)17-9-11-5-3-2-4-6-11/h2-7,10,16H,8-9H2,1H3. The largest absolute Gasteiger partial charge is 0.391 e. The Labute approximate surface area is 105 Å².